The van der Waals surface area contributed by atoms with Crippen molar-refractivity contribution >= 4 is 5.69 Å². The number of hydrogen-bond donors (Lipinski definition) is 1. The second-order valence-electron chi connectivity index (χ2n) is 5.65. The van der Waals surface area contributed by atoms with Crippen LogP contribution < -0.4 is 10.1 Å². The number of fused-ring (bicyclic) bond motifs is 1. The second-order valence-corrected chi connectivity index (χ2v) is 5.65. The van der Waals surface area contributed by atoms with Crippen LogP contribution in [0.5, 0.6) is 5.75 Å². The lowest BCUT2D eigenvalue weighted by atomic mass is 9.88. The molecule has 1 aliphatic rings. The van der Waals surface area contributed by atoms with Gasteiger partial charge < -0.3 is 10.1 Å². The van der Waals surface area contributed by atoms with E-state index < -0.39 is 0 Å². The minimum atomic E-state index is -0.175. The molecule has 1 N–H and O–H groups in total. The van der Waals surface area contributed by atoms with Crippen molar-refractivity contribution in [3.63, 3.8) is 0 Å². The average Bonchev–Trinajstić information content (AvgIpc) is 2.50. The van der Waals surface area contributed by atoms with Crippen molar-refractivity contribution in [2.24, 2.45) is 0 Å². The molecule has 3 heteroatoms. The van der Waals surface area contributed by atoms with Crippen LogP contribution in [0.4, 0.5) is 10.1 Å². The zero-order valence-corrected chi connectivity index (χ0v) is 12.4. The molecule has 0 bridgehead atoms. The fourth-order valence-electron chi connectivity index (χ4n) is 3.00. The summed E-state index contributed by atoms with van der Waals surface area (Å²) in [7, 11) is 1.68. The summed E-state index contributed by atoms with van der Waals surface area (Å²) in [5.41, 5.74) is 4.26. The first-order valence-electron chi connectivity index (χ1n) is 7.35. The molecular weight excluding hydrogens is 265 g/mol. The highest BCUT2D eigenvalue weighted by molar-refractivity contribution is 5.53. The largest absolute Gasteiger partial charge is 0.497 e. The number of benzene rings is 2. The summed E-state index contributed by atoms with van der Waals surface area (Å²) in [6.07, 6.45) is 2.94. The number of halogens is 1. The minimum Gasteiger partial charge on any atom is -0.497 e. The molecule has 0 fully saturated rings. The molecule has 110 valence electrons. The highest BCUT2D eigenvalue weighted by atomic mass is 19.1. The Hall–Kier alpha value is -2.03. The van der Waals surface area contributed by atoms with Crippen molar-refractivity contribution in [2.75, 3.05) is 12.4 Å². The molecule has 1 atom stereocenters. The van der Waals surface area contributed by atoms with E-state index in [9.17, 15) is 4.39 Å². The van der Waals surface area contributed by atoms with Gasteiger partial charge in [0, 0.05) is 6.04 Å². The van der Waals surface area contributed by atoms with Gasteiger partial charge in [0.25, 0.3) is 0 Å². The Morgan fingerprint density at radius 2 is 2.05 bits per heavy atom. The standard InChI is InChI=1S/C18H20FNO/c1-12-4-3-5-17(19)18(12)20-15-8-6-13-7-9-16(21-2)11-14(13)10-15/h3-5,7,9,11,15,20H,6,8,10H2,1-2H3. The van der Waals surface area contributed by atoms with Crippen molar-refractivity contribution in [2.45, 2.75) is 32.2 Å². The van der Waals surface area contributed by atoms with Crippen molar-refractivity contribution in [3.8, 4) is 5.75 Å². The van der Waals surface area contributed by atoms with Crippen LogP contribution in [0.3, 0.4) is 0 Å². The van der Waals surface area contributed by atoms with Crippen molar-refractivity contribution < 1.29 is 9.13 Å². The number of anilines is 1. The van der Waals surface area contributed by atoms with Crippen LogP contribution in [-0.2, 0) is 12.8 Å². The lowest BCUT2D eigenvalue weighted by Crippen LogP contribution is -2.28. The van der Waals surface area contributed by atoms with E-state index in [0.717, 1.165) is 30.6 Å². The highest BCUT2D eigenvalue weighted by Crippen LogP contribution is 2.28. The molecule has 2 nitrogen and oxygen atoms in total. The maximum atomic E-state index is 13.9. The molecule has 0 radical (unpaired) electrons. The first-order valence-corrected chi connectivity index (χ1v) is 7.35. The molecular formula is C18H20FNO. The molecule has 0 saturated heterocycles. The fraction of sp³-hybridized carbons (Fsp3) is 0.333. The number of rotatable bonds is 3. The van der Waals surface area contributed by atoms with Gasteiger partial charge in [-0.15, -0.1) is 0 Å². The summed E-state index contributed by atoms with van der Waals surface area (Å²) in [4.78, 5) is 0. The summed E-state index contributed by atoms with van der Waals surface area (Å²) < 4.78 is 19.2. The molecule has 0 aromatic heterocycles. The van der Waals surface area contributed by atoms with Gasteiger partial charge >= 0.3 is 0 Å². The predicted octanol–water partition coefficient (Wildman–Crippen LogP) is 4.11. The van der Waals surface area contributed by atoms with Crippen LogP contribution in [0, 0.1) is 12.7 Å². The monoisotopic (exact) mass is 285 g/mol. The summed E-state index contributed by atoms with van der Waals surface area (Å²) in [5, 5.41) is 3.38. The third-order valence-electron chi connectivity index (χ3n) is 4.21. The van der Waals surface area contributed by atoms with Gasteiger partial charge in [-0.2, -0.15) is 0 Å². The number of para-hydroxylation sites is 1. The third kappa shape index (κ3) is 2.87. The van der Waals surface area contributed by atoms with E-state index in [2.05, 4.69) is 17.4 Å². The molecule has 0 spiro atoms. The van der Waals surface area contributed by atoms with Crippen LogP contribution >= 0.6 is 0 Å². The number of aryl methyl sites for hydroxylation is 2. The average molecular weight is 285 g/mol. The van der Waals surface area contributed by atoms with Gasteiger partial charge in [0.05, 0.1) is 12.8 Å². The zero-order valence-electron chi connectivity index (χ0n) is 12.4. The molecule has 0 heterocycles. The SMILES string of the molecule is COc1ccc2c(c1)CC(Nc1c(C)cccc1F)CC2. The van der Waals surface area contributed by atoms with Crippen LogP contribution in [0.1, 0.15) is 23.1 Å². The smallest absolute Gasteiger partial charge is 0.146 e. The van der Waals surface area contributed by atoms with Gasteiger partial charge in [-0.25, -0.2) is 4.39 Å². The van der Waals surface area contributed by atoms with Gasteiger partial charge in [-0.3, -0.25) is 0 Å². The van der Waals surface area contributed by atoms with Gasteiger partial charge in [-0.05, 0) is 61.1 Å². The van der Waals surface area contributed by atoms with Crippen molar-refractivity contribution in [1.82, 2.24) is 0 Å². The summed E-state index contributed by atoms with van der Waals surface area (Å²) in [6.45, 7) is 1.94. The first kappa shape index (κ1) is 13.9. The lowest BCUT2D eigenvalue weighted by Gasteiger charge is -2.27. The summed E-state index contributed by atoms with van der Waals surface area (Å²) in [6, 6.07) is 11.7. The van der Waals surface area contributed by atoms with Crippen molar-refractivity contribution in [3.05, 3.63) is 58.9 Å². The summed E-state index contributed by atoms with van der Waals surface area (Å²) >= 11 is 0. The quantitative estimate of drug-likeness (QED) is 0.916. The maximum absolute atomic E-state index is 13.9. The van der Waals surface area contributed by atoms with E-state index in [1.54, 1.807) is 13.2 Å². The first-order chi connectivity index (χ1) is 10.2. The van der Waals surface area contributed by atoms with Gasteiger partial charge in [-0.1, -0.05) is 18.2 Å². The lowest BCUT2D eigenvalue weighted by molar-refractivity contribution is 0.413. The van der Waals surface area contributed by atoms with Gasteiger partial charge in [0.15, 0.2) is 0 Å². The van der Waals surface area contributed by atoms with Gasteiger partial charge in [0.1, 0.15) is 11.6 Å². The Kier molecular flexibility index (Phi) is 3.82. The van der Waals surface area contributed by atoms with Crippen molar-refractivity contribution in [1.29, 1.82) is 0 Å². The normalized spacial score (nSPS) is 17.2. The zero-order chi connectivity index (χ0) is 14.8. The molecule has 21 heavy (non-hydrogen) atoms. The van der Waals surface area contributed by atoms with E-state index in [1.807, 2.05) is 19.1 Å². The predicted molar refractivity (Wildman–Crippen MR) is 83.6 cm³/mol. The maximum Gasteiger partial charge on any atom is 0.146 e. The Morgan fingerprint density at radius 3 is 2.81 bits per heavy atom. The number of nitrogens with one attached hydrogen (secondary N) is 1. The molecule has 3 rings (SSSR count). The molecule has 1 unspecified atom stereocenters. The Balaban J connectivity index is 1.80. The van der Waals surface area contributed by atoms with E-state index in [4.69, 9.17) is 4.74 Å². The third-order valence-corrected chi connectivity index (χ3v) is 4.21. The highest BCUT2D eigenvalue weighted by Gasteiger charge is 2.20. The van der Waals surface area contributed by atoms with Crippen LogP contribution in [-0.4, -0.2) is 13.2 Å². The fourth-order valence-corrected chi connectivity index (χ4v) is 3.00. The van der Waals surface area contributed by atoms with E-state index in [0.29, 0.717) is 5.69 Å². The van der Waals surface area contributed by atoms with Gasteiger partial charge in [0.2, 0.25) is 0 Å². The molecule has 0 aliphatic heterocycles. The number of ether oxygens (including phenoxy) is 1. The second kappa shape index (κ2) is 5.76. The molecule has 0 amide bonds. The number of methoxy groups -OCH3 is 1. The van der Waals surface area contributed by atoms with E-state index >= 15 is 0 Å². The van der Waals surface area contributed by atoms with Crippen LogP contribution in [0.15, 0.2) is 36.4 Å². The minimum absolute atomic E-state index is 0.175. The topological polar surface area (TPSA) is 21.3 Å². The number of hydrogen-bond acceptors (Lipinski definition) is 2. The molecule has 0 saturated carbocycles. The Morgan fingerprint density at radius 1 is 1.19 bits per heavy atom. The Bertz CT molecular complexity index is 633. The van der Waals surface area contributed by atoms with Crippen LogP contribution in [0.25, 0.3) is 0 Å². The van der Waals surface area contributed by atoms with E-state index in [1.165, 1.54) is 17.2 Å². The molecule has 1 aliphatic carbocycles. The molecule has 2 aromatic carbocycles. The molecule has 2 aromatic rings. The van der Waals surface area contributed by atoms with Crippen LogP contribution in [0.2, 0.25) is 0 Å². The Labute approximate surface area is 125 Å². The van der Waals surface area contributed by atoms with E-state index in [-0.39, 0.29) is 11.9 Å². The summed E-state index contributed by atoms with van der Waals surface area (Å²) in [5.74, 6) is 0.711.